The van der Waals surface area contributed by atoms with Gasteiger partial charge in [-0.05, 0) is 91.5 Å². The van der Waals surface area contributed by atoms with Gasteiger partial charge in [-0.25, -0.2) is 0 Å². The number of anilines is 1. The molecule has 3 aromatic carbocycles. The topological polar surface area (TPSA) is 120 Å². The fourth-order valence-corrected chi connectivity index (χ4v) is 6.16. The zero-order valence-corrected chi connectivity index (χ0v) is 29.2. The molecular formula is C36H51N3O5Si. The Kier molecular flexibility index (Phi) is 11.3. The van der Waals surface area contributed by atoms with E-state index in [4.69, 9.17) is 4.43 Å². The molecule has 0 aliphatic rings. The molecule has 8 nitrogen and oxygen atoms in total. The minimum Gasteiger partial charge on any atom is -0.508 e. The number of phenolic OH excluding ortho intramolecular Hbond substituents is 2. The Morgan fingerprint density at radius 3 is 2.22 bits per heavy atom. The number of amides is 2. The molecule has 5 N–H and O–H groups in total. The van der Waals surface area contributed by atoms with Gasteiger partial charge in [-0.2, -0.15) is 0 Å². The van der Waals surface area contributed by atoms with Gasteiger partial charge in [-0.15, -0.1) is 0 Å². The molecule has 0 unspecified atom stereocenters. The van der Waals surface area contributed by atoms with E-state index >= 15 is 0 Å². The normalized spacial score (nSPS) is 13.3. The molecule has 45 heavy (non-hydrogen) atoms. The van der Waals surface area contributed by atoms with Crippen LogP contribution in [0.2, 0.25) is 18.1 Å². The summed E-state index contributed by atoms with van der Waals surface area (Å²) in [5.74, 6) is 0.0789. The molecule has 0 saturated heterocycles. The van der Waals surface area contributed by atoms with E-state index in [0.29, 0.717) is 37.2 Å². The van der Waals surface area contributed by atoms with E-state index in [2.05, 4.69) is 77.5 Å². The number of phenols is 2. The molecule has 0 spiro atoms. The zero-order valence-electron chi connectivity index (χ0n) is 28.2. The van der Waals surface area contributed by atoms with E-state index in [1.165, 1.54) is 0 Å². The summed E-state index contributed by atoms with van der Waals surface area (Å²) in [7, 11) is -2.18. The van der Waals surface area contributed by atoms with Crippen LogP contribution in [0.5, 0.6) is 11.5 Å². The number of benzene rings is 3. The van der Waals surface area contributed by atoms with Crippen molar-refractivity contribution in [1.29, 1.82) is 0 Å². The number of aromatic hydroxyl groups is 2. The van der Waals surface area contributed by atoms with Gasteiger partial charge in [0.1, 0.15) is 11.5 Å². The van der Waals surface area contributed by atoms with Crippen LogP contribution in [0, 0.1) is 0 Å². The molecule has 2 amide bonds. The predicted octanol–water partition coefficient (Wildman–Crippen LogP) is 7.05. The van der Waals surface area contributed by atoms with E-state index in [-0.39, 0.29) is 39.5 Å². The van der Waals surface area contributed by atoms with Crippen molar-refractivity contribution in [2.24, 2.45) is 0 Å². The van der Waals surface area contributed by atoms with Gasteiger partial charge in [0, 0.05) is 29.6 Å². The molecule has 0 fully saturated rings. The Balaban J connectivity index is 1.73. The Morgan fingerprint density at radius 2 is 1.60 bits per heavy atom. The maximum atomic E-state index is 13.2. The number of carbonyl (C=O) groups is 2. The molecule has 0 bridgehead atoms. The summed E-state index contributed by atoms with van der Waals surface area (Å²) in [4.78, 5) is 24.3. The van der Waals surface area contributed by atoms with Crippen LogP contribution in [0.25, 0.3) is 0 Å². The average molecular weight is 634 g/mol. The molecule has 1 atom stereocenters. The number of hydrogen-bond donors (Lipinski definition) is 5. The second-order valence-electron chi connectivity index (χ2n) is 14.7. The molecule has 244 valence electrons. The van der Waals surface area contributed by atoms with Crippen LogP contribution in [-0.4, -0.2) is 49.5 Å². The fourth-order valence-electron chi connectivity index (χ4n) is 4.88. The third-order valence-electron chi connectivity index (χ3n) is 8.79. The van der Waals surface area contributed by atoms with Crippen molar-refractivity contribution < 1.29 is 24.2 Å². The third-order valence-corrected chi connectivity index (χ3v) is 13.3. The lowest BCUT2D eigenvalue weighted by molar-refractivity contribution is -0.105. The summed E-state index contributed by atoms with van der Waals surface area (Å²) in [6, 6.07) is 20.0. The molecule has 0 aliphatic heterocycles. The smallest absolute Gasteiger partial charge is 0.251 e. The standard InChI is InChI=1S/C36H51N3O5Si/c1-34(2,3)45(8,9)44-32(26-13-18-31(42)30(20-26)38-24-40)22-39-36(6,7)21-25-11-10-12-27(19-25)33(43)37-23-35(4,5)28-14-16-29(41)17-15-28/h10-20,24,32,39,41-42H,21-23H2,1-9H3,(H,37,43)(H,38,40)/t32-/m1/s1. The van der Waals surface area contributed by atoms with Crippen LogP contribution in [0.4, 0.5) is 5.69 Å². The Hall–Kier alpha value is -3.66. The van der Waals surface area contributed by atoms with Crippen molar-refractivity contribution >= 4 is 26.3 Å². The van der Waals surface area contributed by atoms with Gasteiger partial charge in [0.25, 0.3) is 5.91 Å². The fraction of sp³-hybridized carbons (Fsp3) is 0.444. The van der Waals surface area contributed by atoms with Crippen molar-refractivity contribution in [3.8, 4) is 11.5 Å². The van der Waals surface area contributed by atoms with E-state index < -0.39 is 8.32 Å². The largest absolute Gasteiger partial charge is 0.508 e. The Bertz CT molecular complexity index is 1460. The summed E-state index contributed by atoms with van der Waals surface area (Å²) >= 11 is 0. The lowest BCUT2D eigenvalue weighted by Crippen LogP contribution is -2.47. The van der Waals surface area contributed by atoms with Gasteiger partial charge >= 0.3 is 0 Å². The van der Waals surface area contributed by atoms with Crippen molar-refractivity contribution in [3.63, 3.8) is 0 Å². The quantitative estimate of drug-likeness (QED) is 0.0738. The highest BCUT2D eigenvalue weighted by atomic mass is 28.4. The molecule has 0 radical (unpaired) electrons. The average Bonchev–Trinajstić information content (AvgIpc) is 2.95. The first kappa shape index (κ1) is 35.8. The molecule has 3 aromatic rings. The lowest BCUT2D eigenvalue weighted by atomic mass is 9.84. The summed E-state index contributed by atoms with van der Waals surface area (Å²) in [5.41, 5.74) is 3.21. The van der Waals surface area contributed by atoms with Gasteiger partial charge < -0.3 is 30.6 Å². The third kappa shape index (κ3) is 9.91. The second kappa shape index (κ2) is 14.2. The van der Waals surface area contributed by atoms with Crippen molar-refractivity contribution in [2.75, 3.05) is 18.4 Å². The first-order valence-corrected chi connectivity index (χ1v) is 18.4. The van der Waals surface area contributed by atoms with Crippen molar-refractivity contribution in [3.05, 3.63) is 89.0 Å². The van der Waals surface area contributed by atoms with Crippen molar-refractivity contribution in [2.45, 2.75) is 90.1 Å². The molecule has 3 rings (SSSR count). The summed E-state index contributed by atoms with van der Waals surface area (Å²) in [6.07, 6.45) is 0.912. The molecule has 0 aromatic heterocycles. The summed E-state index contributed by atoms with van der Waals surface area (Å²) in [6.45, 7) is 20.3. The van der Waals surface area contributed by atoms with E-state index in [9.17, 15) is 19.8 Å². The number of carbonyl (C=O) groups excluding carboxylic acids is 2. The van der Waals surface area contributed by atoms with E-state index in [1.54, 1.807) is 24.3 Å². The monoisotopic (exact) mass is 633 g/mol. The number of rotatable bonds is 14. The Morgan fingerprint density at radius 1 is 0.933 bits per heavy atom. The Labute approximate surface area is 269 Å². The molecule has 0 aliphatic carbocycles. The van der Waals surface area contributed by atoms with Crippen LogP contribution in [0.3, 0.4) is 0 Å². The van der Waals surface area contributed by atoms with E-state index in [0.717, 1.165) is 16.7 Å². The highest BCUT2D eigenvalue weighted by molar-refractivity contribution is 6.74. The van der Waals surface area contributed by atoms with Gasteiger partial charge in [0.15, 0.2) is 8.32 Å². The highest BCUT2D eigenvalue weighted by Crippen LogP contribution is 2.40. The maximum Gasteiger partial charge on any atom is 0.251 e. The van der Waals surface area contributed by atoms with E-state index in [1.807, 2.05) is 42.5 Å². The van der Waals surface area contributed by atoms with Gasteiger partial charge in [-0.1, -0.05) is 65.0 Å². The summed E-state index contributed by atoms with van der Waals surface area (Å²) < 4.78 is 6.86. The van der Waals surface area contributed by atoms with Crippen LogP contribution in [0.1, 0.15) is 81.6 Å². The minimum atomic E-state index is -2.18. The van der Waals surface area contributed by atoms with Gasteiger partial charge in [0.05, 0.1) is 11.8 Å². The van der Waals surface area contributed by atoms with Crippen LogP contribution in [-0.2, 0) is 21.1 Å². The lowest BCUT2D eigenvalue weighted by Gasteiger charge is -2.40. The highest BCUT2D eigenvalue weighted by Gasteiger charge is 2.40. The first-order valence-electron chi connectivity index (χ1n) is 15.5. The first-order chi connectivity index (χ1) is 20.8. The summed E-state index contributed by atoms with van der Waals surface area (Å²) in [5, 5.41) is 29.2. The van der Waals surface area contributed by atoms with Crippen LogP contribution >= 0.6 is 0 Å². The SMILES string of the molecule is CC(C)(Cc1cccc(C(=O)NCC(C)(C)c2ccc(O)cc2)c1)NC[C@@H](O[Si](C)(C)C(C)(C)C)c1ccc(O)c(NC=O)c1. The van der Waals surface area contributed by atoms with Crippen molar-refractivity contribution in [1.82, 2.24) is 10.6 Å². The minimum absolute atomic E-state index is 0.00180. The molecule has 0 heterocycles. The van der Waals surface area contributed by atoms with Crippen LogP contribution in [0.15, 0.2) is 66.7 Å². The number of hydrogen-bond acceptors (Lipinski definition) is 6. The second-order valence-corrected chi connectivity index (χ2v) is 19.4. The molecule has 9 heteroatoms. The predicted molar refractivity (Wildman–Crippen MR) is 185 cm³/mol. The van der Waals surface area contributed by atoms with Crippen LogP contribution < -0.4 is 16.0 Å². The van der Waals surface area contributed by atoms with Gasteiger partial charge in [-0.3, -0.25) is 9.59 Å². The number of nitrogens with one attached hydrogen (secondary N) is 3. The molecule has 0 saturated carbocycles. The molecular weight excluding hydrogens is 582 g/mol. The maximum absolute atomic E-state index is 13.2. The van der Waals surface area contributed by atoms with Gasteiger partial charge in [0.2, 0.25) is 6.41 Å². The zero-order chi connectivity index (χ0) is 33.6.